The first kappa shape index (κ1) is 20.7. The molecule has 1 rings (SSSR count). The number of hydrogen-bond donors (Lipinski definition) is 2. The number of amides is 1. The molecule has 0 spiro atoms. The van der Waals surface area contributed by atoms with Crippen molar-refractivity contribution >= 4 is 11.9 Å². The fourth-order valence-corrected chi connectivity index (χ4v) is 2.12. The fourth-order valence-electron chi connectivity index (χ4n) is 2.12. The van der Waals surface area contributed by atoms with Gasteiger partial charge in [-0.25, -0.2) is 4.79 Å². The minimum Gasteiger partial charge on any atom is -0.478 e. The number of hydrogen-bond acceptors (Lipinski definition) is 2. The first-order chi connectivity index (χ1) is 11.5. The molecule has 4 nitrogen and oxygen atoms in total. The van der Waals surface area contributed by atoms with E-state index in [4.69, 9.17) is 5.11 Å². The van der Waals surface area contributed by atoms with Crippen LogP contribution in [0.1, 0.15) is 50.8 Å². The number of benzene rings is 1. The summed E-state index contributed by atoms with van der Waals surface area (Å²) < 4.78 is 37.6. The quantitative estimate of drug-likeness (QED) is 0.714. The Morgan fingerprint density at radius 2 is 1.72 bits per heavy atom. The molecule has 0 fully saturated rings. The van der Waals surface area contributed by atoms with Crippen LogP contribution in [0.5, 0.6) is 0 Å². The predicted molar refractivity (Wildman–Crippen MR) is 87.8 cm³/mol. The number of carboxylic acids is 1. The van der Waals surface area contributed by atoms with Crippen LogP contribution in [-0.4, -0.2) is 17.0 Å². The second kappa shape index (κ2) is 8.69. The predicted octanol–water partition coefficient (Wildman–Crippen LogP) is 4.33. The summed E-state index contributed by atoms with van der Waals surface area (Å²) in [6.45, 7) is 5.49. The Morgan fingerprint density at radius 1 is 1.16 bits per heavy atom. The molecule has 0 aromatic heterocycles. The number of carboxylic acid groups (broad SMARTS) is 1. The number of halogens is 3. The lowest BCUT2D eigenvalue weighted by Crippen LogP contribution is -2.27. The van der Waals surface area contributed by atoms with Crippen LogP contribution in [0.3, 0.4) is 0 Å². The van der Waals surface area contributed by atoms with Crippen molar-refractivity contribution in [2.24, 2.45) is 5.92 Å². The summed E-state index contributed by atoms with van der Waals surface area (Å²) in [6.07, 6.45) is -2.63. The number of alkyl halides is 3. The van der Waals surface area contributed by atoms with Crippen molar-refractivity contribution in [3.8, 4) is 0 Å². The molecular weight excluding hydrogens is 335 g/mol. The third-order valence-electron chi connectivity index (χ3n) is 3.58. The average molecular weight is 357 g/mol. The molecule has 1 atom stereocenters. The summed E-state index contributed by atoms with van der Waals surface area (Å²) in [4.78, 5) is 23.2. The van der Waals surface area contributed by atoms with Gasteiger partial charge in [-0.1, -0.05) is 32.1 Å². The molecule has 0 aliphatic carbocycles. The van der Waals surface area contributed by atoms with Crippen molar-refractivity contribution in [1.82, 2.24) is 5.32 Å². The van der Waals surface area contributed by atoms with Crippen molar-refractivity contribution in [2.45, 2.75) is 45.8 Å². The lowest BCUT2D eigenvalue weighted by Gasteiger charge is -2.16. The summed E-state index contributed by atoms with van der Waals surface area (Å²) in [6, 6.07) is 3.95. The zero-order valence-corrected chi connectivity index (χ0v) is 14.4. The molecule has 0 aliphatic rings. The fraction of sp³-hybridized carbons (Fsp3) is 0.444. The maximum Gasteiger partial charge on any atom is 0.416 e. The van der Waals surface area contributed by atoms with Gasteiger partial charge in [0, 0.05) is 5.57 Å². The maximum atomic E-state index is 12.5. The lowest BCUT2D eigenvalue weighted by molar-refractivity contribution is -0.137. The number of carbonyl (C=O) groups excluding carboxylic acids is 1. The highest BCUT2D eigenvalue weighted by Crippen LogP contribution is 2.29. The Bertz CT molecular complexity index is 634. The molecule has 1 amide bonds. The molecule has 0 saturated heterocycles. The van der Waals surface area contributed by atoms with E-state index in [2.05, 4.69) is 5.32 Å². The standard InChI is InChI=1S/C18H22F3NO3/c1-11(2)4-5-14(17(24)25)10-16(23)22-12(3)13-6-8-15(9-7-13)18(19,20)21/h5-9,11-12H,4,10H2,1-3H3,(H,22,23)(H,24,25)/b14-5+/t12-/m0/s1. The Labute approximate surface area is 144 Å². The summed E-state index contributed by atoms with van der Waals surface area (Å²) in [5, 5.41) is 11.7. The van der Waals surface area contributed by atoms with E-state index in [9.17, 15) is 22.8 Å². The van der Waals surface area contributed by atoms with Crippen LogP contribution in [0.15, 0.2) is 35.9 Å². The van der Waals surface area contributed by atoms with E-state index >= 15 is 0 Å². The summed E-state index contributed by atoms with van der Waals surface area (Å²) in [5.74, 6) is -1.38. The normalized spacial score (nSPS) is 13.6. The second-order valence-corrected chi connectivity index (χ2v) is 6.25. The van der Waals surface area contributed by atoms with Gasteiger partial charge in [-0.3, -0.25) is 4.79 Å². The maximum absolute atomic E-state index is 12.5. The molecule has 7 heteroatoms. The third-order valence-corrected chi connectivity index (χ3v) is 3.58. The van der Waals surface area contributed by atoms with Gasteiger partial charge >= 0.3 is 12.1 Å². The molecule has 0 bridgehead atoms. The van der Waals surface area contributed by atoms with Gasteiger partial charge in [-0.2, -0.15) is 13.2 Å². The first-order valence-electron chi connectivity index (χ1n) is 7.89. The van der Waals surface area contributed by atoms with Gasteiger partial charge in [-0.05, 0) is 37.0 Å². The first-order valence-corrected chi connectivity index (χ1v) is 7.89. The number of carbonyl (C=O) groups is 2. The highest BCUT2D eigenvalue weighted by molar-refractivity contribution is 5.94. The van der Waals surface area contributed by atoms with Crippen LogP contribution in [-0.2, 0) is 15.8 Å². The summed E-state index contributed by atoms with van der Waals surface area (Å²) in [5.41, 5.74) is -0.255. The van der Waals surface area contributed by atoms with Gasteiger partial charge < -0.3 is 10.4 Å². The Kier molecular flexibility index (Phi) is 7.21. The van der Waals surface area contributed by atoms with E-state index in [-0.39, 0.29) is 17.9 Å². The van der Waals surface area contributed by atoms with Crippen LogP contribution in [0.4, 0.5) is 13.2 Å². The highest BCUT2D eigenvalue weighted by atomic mass is 19.4. The minimum atomic E-state index is -4.41. The van der Waals surface area contributed by atoms with Crippen molar-refractivity contribution in [2.75, 3.05) is 0 Å². The molecule has 0 heterocycles. The molecule has 138 valence electrons. The number of aliphatic carboxylic acids is 1. The smallest absolute Gasteiger partial charge is 0.416 e. The van der Waals surface area contributed by atoms with Crippen molar-refractivity contribution < 1.29 is 27.9 Å². The van der Waals surface area contributed by atoms with Crippen LogP contribution >= 0.6 is 0 Å². The molecule has 0 unspecified atom stereocenters. The molecule has 2 N–H and O–H groups in total. The number of rotatable bonds is 7. The molecule has 0 aliphatic heterocycles. The molecular formula is C18H22F3NO3. The Balaban J connectivity index is 2.72. The second-order valence-electron chi connectivity index (χ2n) is 6.25. The zero-order valence-electron chi connectivity index (χ0n) is 14.4. The van der Waals surface area contributed by atoms with Crippen molar-refractivity contribution in [3.05, 3.63) is 47.0 Å². The molecule has 1 aromatic rings. The van der Waals surface area contributed by atoms with Crippen molar-refractivity contribution in [1.29, 1.82) is 0 Å². The van der Waals surface area contributed by atoms with Gasteiger partial charge in [-0.15, -0.1) is 0 Å². The monoisotopic (exact) mass is 357 g/mol. The van der Waals surface area contributed by atoms with E-state index in [1.807, 2.05) is 13.8 Å². The average Bonchev–Trinajstić information content (AvgIpc) is 2.50. The van der Waals surface area contributed by atoms with Crippen LogP contribution < -0.4 is 5.32 Å². The largest absolute Gasteiger partial charge is 0.478 e. The van der Waals surface area contributed by atoms with E-state index in [0.717, 1.165) is 12.1 Å². The third kappa shape index (κ3) is 6.99. The van der Waals surface area contributed by atoms with E-state index in [1.165, 1.54) is 18.2 Å². The Morgan fingerprint density at radius 3 is 2.16 bits per heavy atom. The molecule has 0 radical (unpaired) electrons. The molecule has 1 aromatic carbocycles. The highest BCUT2D eigenvalue weighted by Gasteiger charge is 2.30. The van der Waals surface area contributed by atoms with Gasteiger partial charge in [0.05, 0.1) is 18.0 Å². The van der Waals surface area contributed by atoms with Crippen LogP contribution in [0, 0.1) is 5.92 Å². The lowest BCUT2D eigenvalue weighted by atomic mass is 10.0. The van der Waals surface area contributed by atoms with Gasteiger partial charge in [0.1, 0.15) is 0 Å². The zero-order chi connectivity index (χ0) is 19.2. The van der Waals surface area contributed by atoms with E-state index in [0.29, 0.717) is 12.0 Å². The van der Waals surface area contributed by atoms with Gasteiger partial charge in [0.2, 0.25) is 5.91 Å². The SMILES string of the molecule is CC(C)C/C=C(\CC(=O)N[C@@H](C)c1ccc(C(F)(F)F)cc1)C(=O)O. The summed E-state index contributed by atoms with van der Waals surface area (Å²) >= 11 is 0. The summed E-state index contributed by atoms with van der Waals surface area (Å²) in [7, 11) is 0. The topological polar surface area (TPSA) is 66.4 Å². The molecule has 0 saturated carbocycles. The Hall–Kier alpha value is -2.31. The van der Waals surface area contributed by atoms with Crippen molar-refractivity contribution in [3.63, 3.8) is 0 Å². The number of allylic oxidation sites excluding steroid dienone is 1. The van der Waals surface area contributed by atoms with Crippen LogP contribution in [0.2, 0.25) is 0 Å². The van der Waals surface area contributed by atoms with Gasteiger partial charge in [0.25, 0.3) is 0 Å². The van der Waals surface area contributed by atoms with E-state index < -0.39 is 29.7 Å². The number of nitrogens with one attached hydrogen (secondary N) is 1. The molecule has 25 heavy (non-hydrogen) atoms. The van der Waals surface area contributed by atoms with E-state index in [1.54, 1.807) is 6.92 Å². The van der Waals surface area contributed by atoms with Gasteiger partial charge in [0.15, 0.2) is 0 Å². The minimum absolute atomic E-state index is 0.00539. The van der Waals surface area contributed by atoms with Crippen LogP contribution in [0.25, 0.3) is 0 Å².